The number of aromatic nitrogens is 4. The molecule has 1 aliphatic heterocycles. The Morgan fingerprint density at radius 2 is 2.24 bits per heavy atom. The van der Waals surface area contributed by atoms with Crippen LogP contribution in [0.2, 0.25) is 0 Å². The first-order chi connectivity index (χ1) is 10.2. The Morgan fingerprint density at radius 3 is 2.90 bits per heavy atom. The second kappa shape index (κ2) is 6.36. The van der Waals surface area contributed by atoms with E-state index in [0.29, 0.717) is 12.0 Å². The summed E-state index contributed by atoms with van der Waals surface area (Å²) in [4.78, 5) is 4.67. The van der Waals surface area contributed by atoms with Crippen LogP contribution in [-0.2, 0) is 23.7 Å². The summed E-state index contributed by atoms with van der Waals surface area (Å²) in [5, 5.41) is 4.56. The van der Waals surface area contributed by atoms with E-state index in [2.05, 4.69) is 21.6 Å². The molecule has 1 saturated heterocycles. The maximum atomic E-state index is 6.09. The monoisotopic (exact) mass is 310 g/mol. The van der Waals surface area contributed by atoms with Gasteiger partial charge in [0.1, 0.15) is 11.3 Å². The van der Waals surface area contributed by atoms with E-state index >= 15 is 0 Å². The van der Waals surface area contributed by atoms with E-state index in [1.165, 1.54) is 19.3 Å². The number of alkyl halides is 1. The van der Waals surface area contributed by atoms with Gasteiger partial charge in [-0.05, 0) is 39.5 Å². The summed E-state index contributed by atoms with van der Waals surface area (Å²) in [6.45, 7) is 6.76. The van der Waals surface area contributed by atoms with Gasteiger partial charge in [-0.1, -0.05) is 0 Å². The van der Waals surface area contributed by atoms with Crippen molar-refractivity contribution >= 4 is 22.8 Å². The fraction of sp³-hybridized carbons (Fsp3) is 0.733. The highest BCUT2D eigenvalue weighted by molar-refractivity contribution is 6.16. The fourth-order valence-electron chi connectivity index (χ4n) is 3.14. The highest BCUT2D eigenvalue weighted by Gasteiger charge is 2.20. The molecular weight excluding hydrogens is 288 g/mol. The van der Waals surface area contributed by atoms with Gasteiger partial charge in [-0.25, -0.2) is 9.67 Å². The van der Waals surface area contributed by atoms with Crippen LogP contribution in [0.5, 0.6) is 0 Å². The van der Waals surface area contributed by atoms with Crippen LogP contribution in [0.4, 0.5) is 0 Å². The van der Waals surface area contributed by atoms with Gasteiger partial charge in [-0.15, -0.1) is 11.6 Å². The highest BCUT2D eigenvalue weighted by Crippen LogP contribution is 2.23. The van der Waals surface area contributed by atoms with Gasteiger partial charge in [-0.2, -0.15) is 5.10 Å². The first-order valence-electron chi connectivity index (χ1n) is 7.84. The third kappa shape index (κ3) is 2.81. The zero-order chi connectivity index (χ0) is 14.8. The molecule has 1 fully saturated rings. The summed E-state index contributed by atoms with van der Waals surface area (Å²) < 4.78 is 10.1. The number of hydrogen-bond donors (Lipinski definition) is 0. The van der Waals surface area contributed by atoms with Crippen molar-refractivity contribution in [3.63, 3.8) is 0 Å². The number of rotatable bonds is 5. The van der Waals surface area contributed by atoms with Gasteiger partial charge in [0.2, 0.25) is 0 Å². The third-order valence-electron chi connectivity index (χ3n) is 4.25. The summed E-state index contributed by atoms with van der Waals surface area (Å²) in [6, 6.07) is 0. The van der Waals surface area contributed by atoms with Crippen LogP contribution in [0.25, 0.3) is 11.2 Å². The molecule has 0 saturated carbocycles. The molecule has 6 heteroatoms. The Labute approximate surface area is 130 Å². The number of aryl methyl sites for hydroxylation is 3. The lowest BCUT2D eigenvalue weighted by molar-refractivity contribution is 0.00884. The summed E-state index contributed by atoms with van der Waals surface area (Å²) in [7, 11) is 0. The predicted molar refractivity (Wildman–Crippen MR) is 83.7 cm³/mol. The number of ether oxygens (including phenoxy) is 1. The topological polar surface area (TPSA) is 44.9 Å². The van der Waals surface area contributed by atoms with Crippen LogP contribution >= 0.6 is 11.6 Å². The van der Waals surface area contributed by atoms with Gasteiger partial charge in [0.05, 0.1) is 17.7 Å². The molecule has 5 nitrogen and oxygen atoms in total. The highest BCUT2D eigenvalue weighted by atomic mass is 35.5. The molecule has 1 unspecified atom stereocenters. The van der Waals surface area contributed by atoms with Crippen molar-refractivity contribution in [1.82, 2.24) is 19.3 Å². The van der Waals surface area contributed by atoms with E-state index in [0.717, 1.165) is 48.8 Å². The lowest BCUT2D eigenvalue weighted by Crippen LogP contribution is -2.21. The second-order valence-corrected chi connectivity index (χ2v) is 5.93. The average molecular weight is 311 g/mol. The average Bonchev–Trinajstić information content (AvgIpc) is 3.04. The van der Waals surface area contributed by atoms with Gasteiger partial charge >= 0.3 is 0 Å². The van der Waals surface area contributed by atoms with Crippen LogP contribution in [0, 0.1) is 6.92 Å². The summed E-state index contributed by atoms with van der Waals surface area (Å²) in [6.07, 6.45) is 5.03. The third-order valence-corrected chi connectivity index (χ3v) is 4.48. The van der Waals surface area contributed by atoms with Crippen molar-refractivity contribution in [3.05, 3.63) is 11.5 Å². The molecule has 0 radical (unpaired) electrons. The molecule has 2 aromatic rings. The molecule has 3 rings (SSSR count). The van der Waals surface area contributed by atoms with Crippen molar-refractivity contribution in [2.75, 3.05) is 6.61 Å². The SMILES string of the molecule is CCn1nc(C)c2nc(CCl)n(CCC3CCCCO3)c21. The largest absolute Gasteiger partial charge is 0.378 e. The molecule has 2 aromatic heterocycles. The summed E-state index contributed by atoms with van der Waals surface area (Å²) in [5.41, 5.74) is 3.06. The van der Waals surface area contributed by atoms with E-state index in [-0.39, 0.29) is 0 Å². The van der Waals surface area contributed by atoms with Crippen molar-refractivity contribution in [2.24, 2.45) is 0 Å². The van der Waals surface area contributed by atoms with Crippen molar-refractivity contribution in [3.8, 4) is 0 Å². The van der Waals surface area contributed by atoms with Crippen LogP contribution in [0.1, 0.15) is 44.1 Å². The minimum absolute atomic E-state index is 0.374. The van der Waals surface area contributed by atoms with Crippen LogP contribution in [0.3, 0.4) is 0 Å². The number of hydrogen-bond acceptors (Lipinski definition) is 3. The predicted octanol–water partition coefficient (Wildman–Crippen LogP) is 3.26. The number of imidazole rings is 1. The van der Waals surface area contributed by atoms with Crippen molar-refractivity contribution in [2.45, 2.75) is 64.6 Å². The van der Waals surface area contributed by atoms with Gasteiger partial charge in [0, 0.05) is 19.7 Å². The zero-order valence-corrected chi connectivity index (χ0v) is 13.6. The maximum absolute atomic E-state index is 6.09. The molecule has 21 heavy (non-hydrogen) atoms. The zero-order valence-electron chi connectivity index (χ0n) is 12.8. The van der Waals surface area contributed by atoms with E-state index in [9.17, 15) is 0 Å². The van der Waals surface area contributed by atoms with Crippen molar-refractivity contribution < 1.29 is 4.74 Å². The van der Waals surface area contributed by atoms with Crippen molar-refractivity contribution in [1.29, 1.82) is 0 Å². The quantitative estimate of drug-likeness (QED) is 0.796. The van der Waals surface area contributed by atoms with Crippen LogP contribution in [0.15, 0.2) is 0 Å². The minimum atomic E-state index is 0.374. The molecule has 0 spiro atoms. The molecule has 3 heterocycles. The maximum Gasteiger partial charge on any atom is 0.158 e. The Morgan fingerprint density at radius 1 is 1.38 bits per heavy atom. The minimum Gasteiger partial charge on any atom is -0.378 e. The number of fused-ring (bicyclic) bond motifs is 1. The second-order valence-electron chi connectivity index (χ2n) is 5.66. The number of nitrogens with zero attached hydrogens (tertiary/aromatic N) is 4. The molecule has 0 aliphatic carbocycles. The lowest BCUT2D eigenvalue weighted by Gasteiger charge is -2.23. The summed E-state index contributed by atoms with van der Waals surface area (Å²) in [5.74, 6) is 1.37. The number of halogens is 1. The molecule has 0 amide bonds. The van der Waals surface area contributed by atoms with E-state index in [1.807, 2.05) is 11.6 Å². The Bertz CT molecular complexity index is 613. The van der Waals surface area contributed by atoms with Gasteiger partial charge in [-0.3, -0.25) is 0 Å². The molecule has 1 aliphatic rings. The fourth-order valence-corrected chi connectivity index (χ4v) is 3.34. The van der Waals surface area contributed by atoms with Gasteiger partial charge < -0.3 is 9.30 Å². The molecule has 1 atom stereocenters. The normalized spacial score (nSPS) is 19.5. The summed E-state index contributed by atoms with van der Waals surface area (Å²) >= 11 is 6.09. The van der Waals surface area contributed by atoms with Gasteiger partial charge in [0.15, 0.2) is 5.65 Å². The standard InChI is InChI=1S/C15H23ClN4O/c1-3-20-15-14(11(2)18-20)17-13(10-16)19(15)8-7-12-6-4-5-9-21-12/h12H,3-10H2,1-2H3. The molecule has 0 N–H and O–H groups in total. The van der Waals surface area contributed by atoms with E-state index < -0.39 is 0 Å². The molecule has 116 valence electrons. The first kappa shape index (κ1) is 14.9. The Kier molecular flexibility index (Phi) is 4.50. The molecular formula is C15H23ClN4O. The Balaban J connectivity index is 1.88. The molecule has 0 bridgehead atoms. The Hall–Kier alpha value is -1.07. The van der Waals surface area contributed by atoms with E-state index in [4.69, 9.17) is 16.3 Å². The van der Waals surface area contributed by atoms with Crippen LogP contribution < -0.4 is 0 Å². The van der Waals surface area contributed by atoms with E-state index in [1.54, 1.807) is 0 Å². The first-order valence-corrected chi connectivity index (χ1v) is 8.38. The smallest absolute Gasteiger partial charge is 0.158 e. The van der Waals surface area contributed by atoms with Gasteiger partial charge in [0.25, 0.3) is 0 Å². The van der Waals surface area contributed by atoms with Crippen LogP contribution in [-0.4, -0.2) is 32.0 Å². The molecule has 0 aromatic carbocycles. The lowest BCUT2D eigenvalue weighted by atomic mass is 10.1.